The number of halogens is 1. The molecule has 3 heterocycles. The summed E-state index contributed by atoms with van der Waals surface area (Å²) in [6.45, 7) is 0.711. The lowest BCUT2D eigenvalue weighted by atomic mass is 10.1. The summed E-state index contributed by atoms with van der Waals surface area (Å²) in [5.41, 5.74) is 0. The number of aliphatic imine (C=N–C) groups is 1. The van der Waals surface area contributed by atoms with Crippen molar-refractivity contribution < 1.29 is 14.7 Å². The molecule has 0 aromatic rings. The van der Waals surface area contributed by atoms with Gasteiger partial charge in [0.2, 0.25) is 5.91 Å². The molecule has 1 amide bonds. The zero-order valence-electron chi connectivity index (χ0n) is 11.2. The maximum Gasteiger partial charge on any atom is 0.244 e. The Balaban J connectivity index is 1.57. The Labute approximate surface area is 131 Å². The number of hydrogen-bond donors (Lipinski definition) is 2. The number of nitrogens with zero attached hydrogens (tertiary/aromatic N) is 2. The Morgan fingerprint density at radius 1 is 1.62 bits per heavy atom. The average molecular weight is 330 g/mol. The molecule has 3 aliphatic rings. The van der Waals surface area contributed by atoms with Crippen molar-refractivity contribution in [2.45, 2.75) is 36.3 Å². The van der Waals surface area contributed by atoms with Crippen molar-refractivity contribution in [2.24, 2.45) is 4.99 Å². The predicted octanol–water partition coefficient (Wildman–Crippen LogP) is 0.103. The molecule has 6 nitrogen and oxygen atoms in total. The van der Waals surface area contributed by atoms with Crippen LogP contribution in [-0.4, -0.2) is 64.6 Å². The van der Waals surface area contributed by atoms with Gasteiger partial charge in [-0.25, -0.2) is 0 Å². The number of carbonyl (C=O) groups excluding carboxylic acids is 2. The van der Waals surface area contributed by atoms with Crippen molar-refractivity contribution >= 4 is 41.4 Å². The zero-order chi connectivity index (χ0) is 15.0. The number of fused-ring (bicyclic) bond motifs is 1. The number of aliphatic hydroxyl groups excluding tert-OH is 1. The van der Waals surface area contributed by atoms with E-state index in [0.717, 1.165) is 0 Å². The fraction of sp³-hybridized carbons (Fsp3) is 0.615. The molecule has 0 bridgehead atoms. The van der Waals surface area contributed by atoms with E-state index in [4.69, 9.17) is 11.6 Å². The van der Waals surface area contributed by atoms with Gasteiger partial charge in [-0.15, -0.1) is 0 Å². The smallest absolute Gasteiger partial charge is 0.244 e. The molecule has 114 valence electrons. The molecular formula is C13H16ClN3O3S. The van der Waals surface area contributed by atoms with Crippen LogP contribution in [0.4, 0.5) is 0 Å². The molecule has 0 aliphatic carbocycles. The van der Waals surface area contributed by atoms with Gasteiger partial charge >= 0.3 is 0 Å². The summed E-state index contributed by atoms with van der Waals surface area (Å²) in [5, 5.41) is 12.4. The van der Waals surface area contributed by atoms with Crippen LogP contribution in [-0.2, 0) is 9.59 Å². The number of Topliss-reactive ketones (excluding diaryl/α,β-unsaturated/α-hetero) is 1. The van der Waals surface area contributed by atoms with Gasteiger partial charge in [-0.2, -0.15) is 0 Å². The van der Waals surface area contributed by atoms with E-state index in [9.17, 15) is 14.7 Å². The van der Waals surface area contributed by atoms with Gasteiger partial charge in [0.05, 0.1) is 29.4 Å². The molecule has 0 aromatic heterocycles. The molecule has 1 fully saturated rings. The van der Waals surface area contributed by atoms with Crippen LogP contribution in [0, 0.1) is 0 Å². The minimum Gasteiger partial charge on any atom is -0.391 e. The molecule has 0 aromatic carbocycles. The number of aliphatic hydroxyl groups is 1. The molecule has 0 saturated carbocycles. The first kappa shape index (κ1) is 15.0. The molecule has 1 saturated heterocycles. The highest BCUT2D eigenvalue weighted by Crippen LogP contribution is 2.38. The maximum atomic E-state index is 12.3. The van der Waals surface area contributed by atoms with Crippen molar-refractivity contribution in [2.75, 3.05) is 13.1 Å². The number of ketones is 1. The second kappa shape index (κ2) is 6.08. The Hall–Kier alpha value is -0.890. The molecule has 4 unspecified atom stereocenters. The monoisotopic (exact) mass is 329 g/mol. The van der Waals surface area contributed by atoms with Crippen molar-refractivity contribution in [1.29, 1.82) is 0 Å². The Kier molecular flexibility index (Phi) is 4.35. The van der Waals surface area contributed by atoms with Gasteiger partial charge in [-0.05, 0) is 19.0 Å². The Morgan fingerprint density at radius 2 is 2.43 bits per heavy atom. The molecule has 3 aliphatic heterocycles. The van der Waals surface area contributed by atoms with Crippen LogP contribution in [0.1, 0.15) is 12.8 Å². The molecule has 4 atom stereocenters. The predicted molar refractivity (Wildman–Crippen MR) is 81.3 cm³/mol. The Morgan fingerprint density at radius 3 is 3.14 bits per heavy atom. The van der Waals surface area contributed by atoms with Gasteiger partial charge in [0.1, 0.15) is 5.25 Å². The first-order valence-electron chi connectivity index (χ1n) is 6.85. The number of thioether (sulfide) groups is 1. The van der Waals surface area contributed by atoms with E-state index in [1.54, 1.807) is 6.08 Å². The Bertz CT molecular complexity index is 525. The van der Waals surface area contributed by atoms with Crippen LogP contribution in [0.5, 0.6) is 0 Å². The molecular weight excluding hydrogens is 314 g/mol. The second-order valence-electron chi connectivity index (χ2n) is 5.39. The fourth-order valence-electron chi connectivity index (χ4n) is 2.73. The largest absolute Gasteiger partial charge is 0.391 e. The van der Waals surface area contributed by atoms with E-state index in [-0.39, 0.29) is 42.0 Å². The third kappa shape index (κ3) is 3.15. The second-order valence-corrected chi connectivity index (χ2v) is 7.20. The molecule has 0 spiro atoms. The number of carbonyl (C=O) groups is 2. The molecule has 0 radical (unpaired) electrons. The lowest BCUT2D eigenvalue weighted by Gasteiger charge is -2.27. The lowest BCUT2D eigenvalue weighted by molar-refractivity contribution is -0.131. The summed E-state index contributed by atoms with van der Waals surface area (Å²) in [5.74, 6) is -0.228. The van der Waals surface area contributed by atoms with E-state index >= 15 is 0 Å². The van der Waals surface area contributed by atoms with Gasteiger partial charge in [-0.1, -0.05) is 23.4 Å². The van der Waals surface area contributed by atoms with Crippen molar-refractivity contribution in [3.05, 3.63) is 10.4 Å². The number of hydrogen-bond acceptors (Lipinski definition) is 6. The molecule has 2 N–H and O–H groups in total. The first-order valence-corrected chi connectivity index (χ1v) is 8.11. The van der Waals surface area contributed by atoms with E-state index in [2.05, 4.69) is 10.3 Å². The third-order valence-corrected chi connectivity index (χ3v) is 5.35. The summed E-state index contributed by atoms with van der Waals surface area (Å²) in [7, 11) is 0. The van der Waals surface area contributed by atoms with Crippen LogP contribution in [0.25, 0.3) is 0 Å². The van der Waals surface area contributed by atoms with Crippen molar-refractivity contribution in [3.63, 3.8) is 0 Å². The van der Waals surface area contributed by atoms with Crippen LogP contribution < -0.4 is 5.32 Å². The van der Waals surface area contributed by atoms with E-state index in [1.165, 1.54) is 23.0 Å². The minimum absolute atomic E-state index is 0.00533. The summed E-state index contributed by atoms with van der Waals surface area (Å²) >= 11 is 7.19. The maximum absolute atomic E-state index is 12.3. The summed E-state index contributed by atoms with van der Waals surface area (Å²) < 4.78 is 0.571. The molecule has 21 heavy (non-hydrogen) atoms. The van der Waals surface area contributed by atoms with Crippen LogP contribution in [0.3, 0.4) is 0 Å². The standard InChI is InChI=1S/C13H16ClN3O3S/c14-11-4-9-12(21-11)13(20)17(6-16-9)5-7(18)3-8-10(19)1-2-15-8/h4,6,8-10,12,15,19H,1-3,5H2. The van der Waals surface area contributed by atoms with E-state index < -0.39 is 6.10 Å². The van der Waals surface area contributed by atoms with Crippen molar-refractivity contribution in [3.8, 4) is 0 Å². The first-order chi connectivity index (χ1) is 10.0. The number of nitrogens with one attached hydrogen (secondary N) is 1. The van der Waals surface area contributed by atoms with Crippen LogP contribution >= 0.6 is 23.4 Å². The van der Waals surface area contributed by atoms with Crippen LogP contribution in [0.2, 0.25) is 0 Å². The molecule has 3 rings (SSSR count). The van der Waals surface area contributed by atoms with Gasteiger partial charge in [0.15, 0.2) is 5.78 Å². The normalized spacial score (nSPS) is 35.0. The topological polar surface area (TPSA) is 82.0 Å². The highest BCUT2D eigenvalue weighted by molar-refractivity contribution is 8.06. The fourth-order valence-corrected chi connectivity index (χ4v) is 4.13. The molecule has 8 heteroatoms. The quantitative estimate of drug-likeness (QED) is 0.764. The summed E-state index contributed by atoms with van der Waals surface area (Å²) in [4.78, 5) is 30.0. The summed E-state index contributed by atoms with van der Waals surface area (Å²) in [6.07, 6.45) is 3.57. The zero-order valence-corrected chi connectivity index (χ0v) is 12.8. The lowest BCUT2D eigenvalue weighted by Crippen LogP contribution is -2.47. The SMILES string of the molecule is O=C(CC1NCCC1O)CN1C=NC2C=C(Cl)SC2C1=O. The third-order valence-electron chi connectivity index (χ3n) is 3.86. The van der Waals surface area contributed by atoms with E-state index in [1.807, 2.05) is 0 Å². The van der Waals surface area contributed by atoms with Gasteiger partial charge < -0.3 is 10.4 Å². The highest BCUT2D eigenvalue weighted by atomic mass is 35.5. The number of rotatable bonds is 4. The average Bonchev–Trinajstić information content (AvgIpc) is 3.00. The highest BCUT2D eigenvalue weighted by Gasteiger charge is 2.39. The van der Waals surface area contributed by atoms with Gasteiger partial charge in [-0.3, -0.25) is 19.5 Å². The number of amides is 1. The summed E-state index contributed by atoms with van der Waals surface area (Å²) in [6, 6.07) is -0.432. The van der Waals surface area contributed by atoms with Gasteiger partial charge in [0.25, 0.3) is 0 Å². The van der Waals surface area contributed by atoms with Gasteiger partial charge in [0, 0.05) is 12.5 Å². The van der Waals surface area contributed by atoms with Crippen molar-refractivity contribution in [1.82, 2.24) is 10.2 Å². The van der Waals surface area contributed by atoms with E-state index in [0.29, 0.717) is 17.3 Å². The minimum atomic E-state index is -0.488. The van der Waals surface area contributed by atoms with Crippen LogP contribution in [0.15, 0.2) is 15.4 Å².